The van der Waals surface area contributed by atoms with Crippen LogP contribution in [0.3, 0.4) is 0 Å². The predicted octanol–water partition coefficient (Wildman–Crippen LogP) is 4.37. The van der Waals surface area contributed by atoms with Crippen molar-refractivity contribution in [2.24, 2.45) is 5.92 Å². The highest BCUT2D eigenvalue weighted by atomic mass is 19.4. The van der Waals surface area contributed by atoms with E-state index in [0.717, 1.165) is 11.1 Å². The number of ether oxygens (including phenoxy) is 1. The van der Waals surface area contributed by atoms with Crippen molar-refractivity contribution in [3.8, 4) is 11.8 Å². The zero-order valence-electron chi connectivity index (χ0n) is 12.0. The first kappa shape index (κ1) is 16.4. The third-order valence-electron chi connectivity index (χ3n) is 2.90. The Hall–Kier alpha value is -1.70. The van der Waals surface area contributed by atoms with Crippen LogP contribution in [0.4, 0.5) is 13.2 Å². The zero-order chi connectivity index (χ0) is 15.6. The fourth-order valence-corrected chi connectivity index (χ4v) is 1.73. The molecule has 0 aliphatic carbocycles. The van der Waals surface area contributed by atoms with Gasteiger partial charge in [0.1, 0.15) is 12.4 Å². The van der Waals surface area contributed by atoms with E-state index in [1.54, 1.807) is 12.1 Å². The van der Waals surface area contributed by atoms with Gasteiger partial charge in [-0.15, -0.1) is 0 Å². The van der Waals surface area contributed by atoms with E-state index in [0.29, 0.717) is 5.75 Å². The zero-order valence-corrected chi connectivity index (χ0v) is 12.0. The molecule has 0 heterocycles. The molecule has 0 bridgehead atoms. The summed E-state index contributed by atoms with van der Waals surface area (Å²) >= 11 is 0. The summed E-state index contributed by atoms with van der Waals surface area (Å²) in [5.74, 6) is -1.72. The van der Waals surface area contributed by atoms with Gasteiger partial charge in [0, 0.05) is 0 Å². The second-order valence-corrected chi connectivity index (χ2v) is 5.78. The Morgan fingerprint density at radius 2 is 1.85 bits per heavy atom. The quantitative estimate of drug-likeness (QED) is 0.826. The fourth-order valence-electron chi connectivity index (χ4n) is 1.73. The molecule has 0 aliphatic rings. The molecular formula is C15H18F3NO. The number of hydrogen-bond donors (Lipinski definition) is 0. The number of rotatable bonds is 3. The number of alkyl halides is 3. The van der Waals surface area contributed by atoms with Crippen molar-refractivity contribution in [1.82, 2.24) is 0 Å². The van der Waals surface area contributed by atoms with Crippen molar-refractivity contribution < 1.29 is 17.9 Å². The SMILES string of the molecule is Cc1ccc(OCC(C#N)C(F)(F)F)c(C(C)(C)C)c1. The Kier molecular flexibility index (Phi) is 4.69. The summed E-state index contributed by atoms with van der Waals surface area (Å²) in [6.07, 6.45) is -4.57. The number of benzene rings is 1. The molecule has 5 heteroatoms. The van der Waals surface area contributed by atoms with Gasteiger partial charge in [0.15, 0.2) is 5.92 Å². The molecule has 0 fully saturated rings. The first-order valence-corrected chi connectivity index (χ1v) is 6.26. The van der Waals surface area contributed by atoms with E-state index in [1.807, 2.05) is 33.8 Å². The number of hydrogen-bond acceptors (Lipinski definition) is 2. The molecule has 0 saturated carbocycles. The second-order valence-electron chi connectivity index (χ2n) is 5.78. The first-order valence-electron chi connectivity index (χ1n) is 6.26. The van der Waals surface area contributed by atoms with E-state index in [1.165, 1.54) is 6.07 Å². The maximum Gasteiger partial charge on any atom is 0.407 e. The minimum absolute atomic E-state index is 0.248. The van der Waals surface area contributed by atoms with Gasteiger partial charge in [0.05, 0.1) is 6.07 Å². The smallest absolute Gasteiger partial charge is 0.407 e. The van der Waals surface area contributed by atoms with E-state index in [-0.39, 0.29) is 5.41 Å². The number of nitriles is 1. The Labute approximate surface area is 117 Å². The van der Waals surface area contributed by atoms with Crippen LogP contribution in [0.2, 0.25) is 0 Å². The largest absolute Gasteiger partial charge is 0.492 e. The first-order chi connectivity index (χ1) is 9.05. The van der Waals surface area contributed by atoms with Crippen LogP contribution in [0.15, 0.2) is 18.2 Å². The monoisotopic (exact) mass is 285 g/mol. The summed E-state index contributed by atoms with van der Waals surface area (Å²) in [4.78, 5) is 0. The minimum Gasteiger partial charge on any atom is -0.492 e. The molecule has 1 aromatic rings. The standard InChI is InChI=1S/C15H18F3NO/c1-10-5-6-13(12(7-10)14(2,3)4)20-9-11(8-19)15(16,17)18/h5-7,11H,9H2,1-4H3. The third-order valence-corrected chi connectivity index (χ3v) is 2.90. The Morgan fingerprint density at radius 3 is 2.30 bits per heavy atom. The molecule has 1 atom stereocenters. The van der Waals surface area contributed by atoms with E-state index in [4.69, 9.17) is 10.00 Å². The van der Waals surface area contributed by atoms with Gasteiger partial charge in [-0.05, 0) is 24.0 Å². The van der Waals surface area contributed by atoms with Crippen molar-refractivity contribution in [3.63, 3.8) is 0 Å². The van der Waals surface area contributed by atoms with Crippen LogP contribution in [-0.4, -0.2) is 12.8 Å². The highest BCUT2D eigenvalue weighted by Gasteiger charge is 2.40. The summed E-state index contributed by atoms with van der Waals surface area (Å²) in [5, 5.41) is 8.56. The molecule has 110 valence electrons. The summed E-state index contributed by atoms with van der Waals surface area (Å²) in [6, 6.07) is 6.56. The summed E-state index contributed by atoms with van der Waals surface area (Å²) in [5.41, 5.74) is 1.59. The molecule has 0 amide bonds. The van der Waals surface area contributed by atoms with Crippen LogP contribution in [0, 0.1) is 24.2 Å². The summed E-state index contributed by atoms with van der Waals surface area (Å²) < 4.78 is 42.8. The van der Waals surface area contributed by atoms with Crippen LogP contribution in [0.5, 0.6) is 5.75 Å². The molecule has 0 aromatic heterocycles. The normalized spacial score (nSPS) is 13.7. The van der Waals surface area contributed by atoms with Gasteiger partial charge in [-0.25, -0.2) is 0 Å². The predicted molar refractivity (Wildman–Crippen MR) is 70.5 cm³/mol. The van der Waals surface area contributed by atoms with Crippen LogP contribution < -0.4 is 4.74 Å². The lowest BCUT2D eigenvalue weighted by atomic mass is 9.85. The number of halogens is 3. The van der Waals surface area contributed by atoms with Gasteiger partial charge in [-0.3, -0.25) is 0 Å². The average Bonchev–Trinajstić information content (AvgIpc) is 2.28. The van der Waals surface area contributed by atoms with Crippen LogP contribution >= 0.6 is 0 Å². The maximum absolute atomic E-state index is 12.5. The number of nitrogens with zero attached hydrogens (tertiary/aromatic N) is 1. The third kappa shape index (κ3) is 4.16. The number of aryl methyl sites for hydroxylation is 1. The fraction of sp³-hybridized carbons (Fsp3) is 0.533. The van der Waals surface area contributed by atoms with Gasteiger partial charge in [-0.2, -0.15) is 18.4 Å². The Bertz CT molecular complexity index is 509. The second kappa shape index (κ2) is 5.74. The van der Waals surface area contributed by atoms with Crippen molar-refractivity contribution in [2.45, 2.75) is 39.3 Å². The molecule has 1 aromatic carbocycles. The lowest BCUT2D eigenvalue weighted by Gasteiger charge is -2.24. The molecule has 0 radical (unpaired) electrons. The summed E-state index contributed by atoms with van der Waals surface area (Å²) in [6.45, 7) is 7.10. The molecule has 0 N–H and O–H groups in total. The highest BCUT2D eigenvalue weighted by Crippen LogP contribution is 2.33. The van der Waals surface area contributed by atoms with Crippen LogP contribution in [0.1, 0.15) is 31.9 Å². The van der Waals surface area contributed by atoms with Crippen molar-refractivity contribution >= 4 is 0 Å². The van der Waals surface area contributed by atoms with Gasteiger partial charge >= 0.3 is 6.18 Å². The van der Waals surface area contributed by atoms with E-state index < -0.39 is 18.7 Å². The molecule has 20 heavy (non-hydrogen) atoms. The lowest BCUT2D eigenvalue weighted by molar-refractivity contribution is -0.165. The van der Waals surface area contributed by atoms with Crippen molar-refractivity contribution in [3.05, 3.63) is 29.3 Å². The molecule has 1 unspecified atom stereocenters. The van der Waals surface area contributed by atoms with E-state index in [2.05, 4.69) is 0 Å². The minimum atomic E-state index is -4.57. The maximum atomic E-state index is 12.5. The molecule has 0 spiro atoms. The van der Waals surface area contributed by atoms with Crippen molar-refractivity contribution in [1.29, 1.82) is 5.26 Å². The Morgan fingerprint density at radius 1 is 1.25 bits per heavy atom. The van der Waals surface area contributed by atoms with Gasteiger partial charge in [0.25, 0.3) is 0 Å². The molecule has 0 aliphatic heterocycles. The lowest BCUT2D eigenvalue weighted by Crippen LogP contribution is -2.28. The van der Waals surface area contributed by atoms with Crippen LogP contribution in [0.25, 0.3) is 0 Å². The van der Waals surface area contributed by atoms with E-state index in [9.17, 15) is 13.2 Å². The van der Waals surface area contributed by atoms with Crippen molar-refractivity contribution in [2.75, 3.05) is 6.61 Å². The molecular weight excluding hydrogens is 267 g/mol. The van der Waals surface area contributed by atoms with Gasteiger partial charge < -0.3 is 4.74 Å². The Balaban J connectivity index is 2.97. The average molecular weight is 285 g/mol. The van der Waals surface area contributed by atoms with Gasteiger partial charge in [-0.1, -0.05) is 38.5 Å². The molecule has 1 rings (SSSR count). The van der Waals surface area contributed by atoms with Crippen LogP contribution in [-0.2, 0) is 5.41 Å². The topological polar surface area (TPSA) is 33.0 Å². The molecule has 2 nitrogen and oxygen atoms in total. The highest BCUT2D eigenvalue weighted by molar-refractivity contribution is 5.41. The summed E-state index contributed by atoms with van der Waals surface area (Å²) in [7, 11) is 0. The van der Waals surface area contributed by atoms with Gasteiger partial charge in [0.2, 0.25) is 0 Å². The molecule has 0 saturated heterocycles. The van der Waals surface area contributed by atoms with E-state index >= 15 is 0 Å².